The molecule has 0 saturated heterocycles. The monoisotopic (exact) mass is 381 g/mol. The second kappa shape index (κ2) is 9.05. The number of rotatable bonds is 6. The highest BCUT2D eigenvalue weighted by Crippen LogP contribution is 2.22. The number of para-hydroxylation sites is 1. The van der Waals surface area contributed by atoms with Gasteiger partial charge in [-0.15, -0.1) is 11.3 Å². The minimum absolute atomic E-state index is 0.0562. The van der Waals surface area contributed by atoms with Crippen LogP contribution >= 0.6 is 22.9 Å². The lowest BCUT2D eigenvalue weighted by atomic mass is 10.2. The molecule has 0 saturated carbocycles. The van der Waals surface area contributed by atoms with E-state index in [2.05, 4.69) is 10.6 Å². The van der Waals surface area contributed by atoms with Crippen LogP contribution in [0.25, 0.3) is 0 Å². The number of nitrogens with one attached hydrogen (secondary N) is 2. The van der Waals surface area contributed by atoms with Gasteiger partial charge in [0, 0.05) is 11.4 Å². The number of anilines is 1. The van der Waals surface area contributed by atoms with Gasteiger partial charge >= 0.3 is 12.0 Å². The van der Waals surface area contributed by atoms with Crippen molar-refractivity contribution in [3.63, 3.8) is 0 Å². The number of imide groups is 1. The number of esters is 1. The van der Waals surface area contributed by atoms with Gasteiger partial charge in [-0.25, -0.2) is 9.59 Å². The van der Waals surface area contributed by atoms with Gasteiger partial charge in [-0.2, -0.15) is 0 Å². The highest BCUT2D eigenvalue weighted by atomic mass is 35.5. The fourth-order valence-electron chi connectivity index (χ4n) is 1.88. The zero-order valence-corrected chi connectivity index (χ0v) is 14.7. The molecule has 2 rings (SSSR count). The first kappa shape index (κ1) is 18.8. The molecule has 0 aliphatic rings. The lowest BCUT2D eigenvalue weighted by molar-refractivity contribution is -0.123. The molecule has 0 radical (unpaired) electrons. The number of thiophene rings is 1. The predicted molar refractivity (Wildman–Crippen MR) is 95.7 cm³/mol. The number of ether oxygens (including phenoxy) is 1. The van der Waals surface area contributed by atoms with Crippen molar-refractivity contribution in [1.82, 2.24) is 10.6 Å². The molecular weight excluding hydrogens is 366 g/mol. The third-order valence-corrected chi connectivity index (χ3v) is 4.36. The Bertz CT molecular complexity index is 765. The van der Waals surface area contributed by atoms with Gasteiger partial charge in [0.25, 0.3) is 5.91 Å². The summed E-state index contributed by atoms with van der Waals surface area (Å²) in [4.78, 5) is 36.2. The molecule has 2 aromatic rings. The molecule has 0 bridgehead atoms. The maximum absolute atomic E-state index is 11.9. The average molecular weight is 382 g/mol. The molecule has 1 heterocycles. The van der Waals surface area contributed by atoms with Crippen LogP contribution in [0, 0.1) is 0 Å². The molecule has 7 nitrogen and oxygen atoms in total. The van der Waals surface area contributed by atoms with E-state index in [4.69, 9.17) is 22.1 Å². The van der Waals surface area contributed by atoms with E-state index < -0.39 is 24.5 Å². The van der Waals surface area contributed by atoms with Crippen LogP contribution in [-0.2, 0) is 16.0 Å². The highest BCUT2D eigenvalue weighted by Gasteiger charge is 2.15. The van der Waals surface area contributed by atoms with Crippen LogP contribution in [0.4, 0.5) is 10.5 Å². The van der Waals surface area contributed by atoms with Crippen molar-refractivity contribution < 1.29 is 19.1 Å². The van der Waals surface area contributed by atoms with Crippen LogP contribution in [-0.4, -0.2) is 31.1 Å². The van der Waals surface area contributed by atoms with E-state index in [-0.39, 0.29) is 16.3 Å². The zero-order valence-electron chi connectivity index (χ0n) is 13.1. The normalized spacial score (nSPS) is 10.1. The van der Waals surface area contributed by atoms with E-state index in [1.165, 1.54) is 18.2 Å². The predicted octanol–water partition coefficient (Wildman–Crippen LogP) is 2.21. The highest BCUT2D eigenvalue weighted by molar-refractivity contribution is 7.09. The number of carbonyl (C=O) groups is 3. The molecule has 3 amide bonds. The summed E-state index contributed by atoms with van der Waals surface area (Å²) in [6.45, 7) is -0.221. The molecule has 0 aliphatic heterocycles. The lowest BCUT2D eigenvalue weighted by Gasteiger charge is -2.08. The summed E-state index contributed by atoms with van der Waals surface area (Å²) in [5, 5.41) is 6.77. The maximum Gasteiger partial charge on any atom is 0.340 e. The largest absolute Gasteiger partial charge is 0.452 e. The van der Waals surface area contributed by atoms with Gasteiger partial charge in [-0.3, -0.25) is 10.1 Å². The Hall–Kier alpha value is -2.58. The first-order valence-electron chi connectivity index (χ1n) is 7.28. The van der Waals surface area contributed by atoms with Crippen molar-refractivity contribution in [3.05, 3.63) is 51.2 Å². The number of nitrogens with two attached hydrogens (primary N) is 1. The fraction of sp³-hybridized carbons (Fsp3) is 0.188. The van der Waals surface area contributed by atoms with Crippen molar-refractivity contribution in [3.8, 4) is 0 Å². The Morgan fingerprint density at radius 2 is 2.00 bits per heavy atom. The molecule has 0 unspecified atom stereocenters. The second-order valence-electron chi connectivity index (χ2n) is 4.91. The van der Waals surface area contributed by atoms with Crippen LogP contribution in [0.2, 0.25) is 5.02 Å². The van der Waals surface area contributed by atoms with E-state index >= 15 is 0 Å². The summed E-state index contributed by atoms with van der Waals surface area (Å²) in [7, 11) is 0. The van der Waals surface area contributed by atoms with E-state index in [0.717, 1.165) is 4.88 Å². The second-order valence-corrected chi connectivity index (χ2v) is 6.35. The number of hydrogen-bond donors (Lipinski definition) is 3. The molecule has 4 N–H and O–H groups in total. The fourth-order valence-corrected chi connectivity index (χ4v) is 2.77. The molecule has 1 aromatic heterocycles. The van der Waals surface area contributed by atoms with Gasteiger partial charge in [-0.05, 0) is 30.0 Å². The molecule has 0 spiro atoms. The first-order chi connectivity index (χ1) is 12.0. The number of carbonyl (C=O) groups excluding carboxylic acids is 3. The van der Waals surface area contributed by atoms with Crippen LogP contribution in [0.3, 0.4) is 0 Å². The van der Waals surface area contributed by atoms with Crippen molar-refractivity contribution in [2.45, 2.75) is 6.42 Å². The smallest absolute Gasteiger partial charge is 0.340 e. The van der Waals surface area contributed by atoms with Gasteiger partial charge in [0.15, 0.2) is 6.61 Å². The van der Waals surface area contributed by atoms with Crippen molar-refractivity contribution in [2.75, 3.05) is 18.9 Å². The molecule has 9 heteroatoms. The zero-order chi connectivity index (χ0) is 18.2. The van der Waals surface area contributed by atoms with E-state index in [9.17, 15) is 14.4 Å². The van der Waals surface area contributed by atoms with Gasteiger partial charge in [-0.1, -0.05) is 23.7 Å². The van der Waals surface area contributed by atoms with Crippen molar-refractivity contribution in [1.29, 1.82) is 0 Å². The molecule has 0 aliphatic carbocycles. The number of urea groups is 1. The minimum atomic E-state index is -0.798. The van der Waals surface area contributed by atoms with Crippen molar-refractivity contribution >= 4 is 46.5 Å². The van der Waals surface area contributed by atoms with Crippen LogP contribution in [0.5, 0.6) is 0 Å². The third-order valence-electron chi connectivity index (χ3n) is 3.10. The molecule has 132 valence electrons. The van der Waals surface area contributed by atoms with Gasteiger partial charge in [0.2, 0.25) is 0 Å². The Balaban J connectivity index is 1.71. The van der Waals surface area contributed by atoms with E-state index in [1.54, 1.807) is 11.3 Å². The van der Waals surface area contributed by atoms with Crippen molar-refractivity contribution in [2.24, 2.45) is 0 Å². The molecule has 0 atom stereocenters. The average Bonchev–Trinajstić information content (AvgIpc) is 3.08. The van der Waals surface area contributed by atoms with Crippen LogP contribution < -0.4 is 16.4 Å². The van der Waals surface area contributed by atoms with Crippen LogP contribution in [0.1, 0.15) is 15.2 Å². The maximum atomic E-state index is 11.9. The number of halogens is 1. The molecule has 0 fully saturated rings. The summed E-state index contributed by atoms with van der Waals surface area (Å²) >= 11 is 7.39. The van der Waals surface area contributed by atoms with E-state index in [1.807, 2.05) is 17.5 Å². The van der Waals surface area contributed by atoms with Crippen LogP contribution in [0.15, 0.2) is 35.7 Å². The quantitative estimate of drug-likeness (QED) is 0.524. The first-order valence-corrected chi connectivity index (χ1v) is 8.54. The van der Waals surface area contributed by atoms with Gasteiger partial charge in [0.05, 0.1) is 16.3 Å². The standard InChI is InChI=1S/C16H16ClN3O4S/c17-12-5-1-4-11(14(12)18)15(22)24-9-13(21)20-16(23)19-7-6-10-3-2-8-25-10/h1-5,8H,6-7,9,18H2,(H2,19,20,21,23). The Labute approximate surface area is 153 Å². The minimum Gasteiger partial charge on any atom is -0.452 e. The number of hydrogen-bond acceptors (Lipinski definition) is 6. The topological polar surface area (TPSA) is 111 Å². The van der Waals surface area contributed by atoms with Gasteiger partial charge < -0.3 is 15.8 Å². The molecule has 1 aromatic carbocycles. The summed E-state index contributed by atoms with van der Waals surface area (Å²) in [5.74, 6) is -1.55. The summed E-state index contributed by atoms with van der Waals surface area (Å²) in [6.07, 6.45) is 0.669. The SMILES string of the molecule is Nc1c(Cl)cccc1C(=O)OCC(=O)NC(=O)NCCc1cccs1. The number of benzene rings is 1. The number of nitrogen functional groups attached to an aromatic ring is 1. The lowest BCUT2D eigenvalue weighted by Crippen LogP contribution is -2.42. The third kappa shape index (κ3) is 5.77. The van der Waals surface area contributed by atoms with E-state index in [0.29, 0.717) is 13.0 Å². The Kier molecular flexibility index (Phi) is 6.79. The Morgan fingerprint density at radius 1 is 1.20 bits per heavy atom. The number of amides is 3. The molecular formula is C16H16ClN3O4S. The summed E-state index contributed by atoms with van der Waals surface area (Å²) in [6, 6.07) is 7.72. The summed E-state index contributed by atoms with van der Waals surface area (Å²) in [5.41, 5.74) is 5.80. The van der Waals surface area contributed by atoms with Gasteiger partial charge in [0.1, 0.15) is 0 Å². The summed E-state index contributed by atoms with van der Waals surface area (Å²) < 4.78 is 4.82. The molecule has 25 heavy (non-hydrogen) atoms. The Morgan fingerprint density at radius 3 is 2.72 bits per heavy atom.